The van der Waals surface area contributed by atoms with Crippen molar-refractivity contribution in [1.29, 1.82) is 0 Å². The summed E-state index contributed by atoms with van der Waals surface area (Å²) in [4.78, 5) is 12.6. The van der Waals surface area contributed by atoms with Crippen molar-refractivity contribution in [3.8, 4) is 22.8 Å². The van der Waals surface area contributed by atoms with Crippen LogP contribution in [0.1, 0.15) is 13.3 Å². The first-order valence-corrected chi connectivity index (χ1v) is 10.5. The molecule has 1 aliphatic rings. The van der Waals surface area contributed by atoms with E-state index < -0.39 is 0 Å². The monoisotopic (exact) mass is 492 g/mol. The number of hydrogen-bond acceptors (Lipinski definition) is 6. The van der Waals surface area contributed by atoms with Crippen molar-refractivity contribution in [2.45, 2.75) is 19.6 Å². The average molecular weight is 494 g/mol. The summed E-state index contributed by atoms with van der Waals surface area (Å²) < 4.78 is 28.9. The SMILES string of the molecule is CCOc1cc(Br)c(OCCC2OC=CO2)cc1-c1cc(=O)c2cccc(Cl)c2o1. The van der Waals surface area contributed by atoms with Gasteiger partial charge in [0, 0.05) is 6.07 Å². The van der Waals surface area contributed by atoms with Crippen LogP contribution in [0.15, 0.2) is 62.6 Å². The molecule has 2 aromatic carbocycles. The van der Waals surface area contributed by atoms with Crippen LogP contribution in [0.25, 0.3) is 22.3 Å². The van der Waals surface area contributed by atoms with E-state index in [0.29, 0.717) is 62.9 Å². The Bertz CT molecular complexity index is 1150. The van der Waals surface area contributed by atoms with E-state index in [-0.39, 0.29) is 11.7 Å². The molecule has 0 amide bonds. The summed E-state index contributed by atoms with van der Waals surface area (Å²) in [7, 11) is 0. The molecule has 0 unspecified atom stereocenters. The van der Waals surface area contributed by atoms with Gasteiger partial charge in [0.1, 0.15) is 29.8 Å². The first kappa shape index (κ1) is 20.6. The predicted molar refractivity (Wildman–Crippen MR) is 117 cm³/mol. The fourth-order valence-electron chi connectivity index (χ4n) is 3.06. The van der Waals surface area contributed by atoms with Crippen LogP contribution in [-0.4, -0.2) is 19.5 Å². The molecule has 1 aliphatic heterocycles. The smallest absolute Gasteiger partial charge is 0.242 e. The molecule has 0 fully saturated rings. The van der Waals surface area contributed by atoms with Crippen molar-refractivity contribution in [2.75, 3.05) is 13.2 Å². The predicted octanol–water partition coefficient (Wildman–Crippen LogP) is 5.89. The van der Waals surface area contributed by atoms with E-state index in [1.54, 1.807) is 30.3 Å². The van der Waals surface area contributed by atoms with Gasteiger partial charge in [0.15, 0.2) is 11.0 Å². The van der Waals surface area contributed by atoms with Crippen LogP contribution in [0.2, 0.25) is 5.02 Å². The van der Waals surface area contributed by atoms with E-state index in [2.05, 4.69) is 15.9 Å². The van der Waals surface area contributed by atoms with Crippen molar-refractivity contribution in [3.05, 3.63) is 68.6 Å². The Kier molecular flexibility index (Phi) is 6.20. The van der Waals surface area contributed by atoms with Crippen LogP contribution in [-0.2, 0) is 9.47 Å². The zero-order valence-corrected chi connectivity index (χ0v) is 18.4. The fraction of sp³-hybridized carbons (Fsp3) is 0.227. The maximum absolute atomic E-state index is 12.6. The average Bonchev–Trinajstić information content (AvgIpc) is 3.24. The van der Waals surface area contributed by atoms with Crippen molar-refractivity contribution in [1.82, 2.24) is 0 Å². The topological polar surface area (TPSA) is 67.1 Å². The summed E-state index contributed by atoms with van der Waals surface area (Å²) in [5, 5.41) is 0.783. The summed E-state index contributed by atoms with van der Waals surface area (Å²) in [5.41, 5.74) is 0.728. The zero-order chi connectivity index (χ0) is 21.1. The molecule has 0 aliphatic carbocycles. The number of rotatable bonds is 7. The lowest BCUT2D eigenvalue weighted by atomic mass is 10.1. The number of benzene rings is 2. The summed E-state index contributed by atoms with van der Waals surface area (Å²) in [5.74, 6) is 1.47. The van der Waals surface area contributed by atoms with E-state index in [1.165, 1.54) is 18.6 Å². The van der Waals surface area contributed by atoms with Crippen LogP contribution in [0, 0.1) is 0 Å². The van der Waals surface area contributed by atoms with Crippen LogP contribution < -0.4 is 14.9 Å². The summed E-state index contributed by atoms with van der Waals surface area (Å²) in [6.45, 7) is 2.69. The lowest BCUT2D eigenvalue weighted by molar-refractivity contribution is -0.0354. The normalized spacial score (nSPS) is 13.3. The number of hydrogen-bond donors (Lipinski definition) is 0. The lowest BCUT2D eigenvalue weighted by Crippen LogP contribution is -2.12. The van der Waals surface area contributed by atoms with Crippen molar-refractivity contribution in [3.63, 3.8) is 0 Å². The van der Waals surface area contributed by atoms with E-state index in [0.717, 1.165) is 0 Å². The molecule has 0 radical (unpaired) electrons. The minimum absolute atomic E-state index is 0.190. The van der Waals surface area contributed by atoms with Gasteiger partial charge in [-0.05, 0) is 47.1 Å². The molecule has 3 aromatic rings. The quantitative estimate of drug-likeness (QED) is 0.409. The molecular formula is C22H18BrClO6. The highest BCUT2D eigenvalue weighted by Gasteiger charge is 2.18. The van der Waals surface area contributed by atoms with Crippen LogP contribution in [0.5, 0.6) is 11.5 Å². The highest BCUT2D eigenvalue weighted by molar-refractivity contribution is 9.10. The van der Waals surface area contributed by atoms with Crippen molar-refractivity contribution in [2.24, 2.45) is 0 Å². The lowest BCUT2D eigenvalue weighted by Gasteiger charge is -2.16. The second-order valence-electron chi connectivity index (χ2n) is 6.41. The Morgan fingerprint density at radius 1 is 1.10 bits per heavy atom. The highest BCUT2D eigenvalue weighted by atomic mass is 79.9. The third-order valence-corrected chi connectivity index (χ3v) is 5.35. The molecule has 1 aromatic heterocycles. The summed E-state index contributed by atoms with van der Waals surface area (Å²) in [6.07, 6.45) is 3.19. The van der Waals surface area contributed by atoms with Crippen LogP contribution in [0.4, 0.5) is 0 Å². The highest BCUT2D eigenvalue weighted by Crippen LogP contribution is 2.40. The molecule has 0 N–H and O–H groups in total. The van der Waals surface area contributed by atoms with E-state index in [4.69, 9.17) is 35.0 Å². The third kappa shape index (κ3) is 4.27. The molecule has 6 nitrogen and oxygen atoms in total. The number of ether oxygens (including phenoxy) is 4. The minimum atomic E-state index is -0.355. The number of halogens is 2. The molecule has 4 rings (SSSR count). The molecule has 0 saturated carbocycles. The Balaban J connectivity index is 1.71. The standard InChI is InChI=1S/C22H18BrClO6/c1-2-26-18-11-15(23)20(27-7-6-21-28-8-9-29-21)10-14(18)19-12-17(25)13-4-3-5-16(24)22(13)30-19/h3-5,8-12,21H,2,6-7H2,1H3. The van der Waals surface area contributed by atoms with Gasteiger partial charge in [0.2, 0.25) is 6.29 Å². The number of para-hydroxylation sites is 1. The fourth-order valence-corrected chi connectivity index (χ4v) is 3.71. The van der Waals surface area contributed by atoms with E-state index in [9.17, 15) is 4.79 Å². The molecule has 0 atom stereocenters. The van der Waals surface area contributed by atoms with Crippen molar-refractivity contribution >= 4 is 38.5 Å². The first-order chi connectivity index (χ1) is 14.6. The number of fused-ring (bicyclic) bond motifs is 1. The first-order valence-electron chi connectivity index (χ1n) is 9.34. The second kappa shape index (κ2) is 9.02. The van der Waals surface area contributed by atoms with E-state index >= 15 is 0 Å². The van der Waals surface area contributed by atoms with Crippen LogP contribution in [0.3, 0.4) is 0 Å². The third-order valence-electron chi connectivity index (χ3n) is 4.43. The van der Waals surface area contributed by atoms with Gasteiger partial charge >= 0.3 is 0 Å². The maximum Gasteiger partial charge on any atom is 0.242 e. The Hall–Kier alpha value is -2.64. The maximum atomic E-state index is 12.6. The van der Waals surface area contributed by atoms with Crippen LogP contribution >= 0.6 is 27.5 Å². The molecule has 0 spiro atoms. The van der Waals surface area contributed by atoms with Gasteiger partial charge in [0.05, 0.1) is 40.1 Å². The Morgan fingerprint density at radius 3 is 2.67 bits per heavy atom. The Labute approximate surface area is 186 Å². The van der Waals surface area contributed by atoms with Gasteiger partial charge in [-0.2, -0.15) is 0 Å². The van der Waals surface area contributed by atoms with Gasteiger partial charge in [-0.3, -0.25) is 4.79 Å². The van der Waals surface area contributed by atoms with Gasteiger partial charge in [0.25, 0.3) is 0 Å². The molecule has 2 heterocycles. The molecule has 30 heavy (non-hydrogen) atoms. The van der Waals surface area contributed by atoms with E-state index in [1.807, 2.05) is 6.92 Å². The Morgan fingerprint density at radius 2 is 1.90 bits per heavy atom. The largest absolute Gasteiger partial charge is 0.493 e. The molecule has 0 saturated heterocycles. The van der Waals surface area contributed by atoms with Gasteiger partial charge in [-0.1, -0.05) is 17.7 Å². The minimum Gasteiger partial charge on any atom is -0.493 e. The zero-order valence-electron chi connectivity index (χ0n) is 16.0. The molecular weight excluding hydrogens is 476 g/mol. The van der Waals surface area contributed by atoms with Crippen molar-refractivity contribution < 1.29 is 23.4 Å². The van der Waals surface area contributed by atoms with Gasteiger partial charge in [-0.15, -0.1) is 0 Å². The molecule has 8 heteroatoms. The van der Waals surface area contributed by atoms with Gasteiger partial charge in [-0.25, -0.2) is 0 Å². The molecule has 156 valence electrons. The summed E-state index contributed by atoms with van der Waals surface area (Å²) in [6, 6.07) is 10.1. The second-order valence-corrected chi connectivity index (χ2v) is 7.68. The van der Waals surface area contributed by atoms with Gasteiger partial charge < -0.3 is 23.4 Å². The summed E-state index contributed by atoms with van der Waals surface area (Å²) >= 11 is 9.76. The molecule has 0 bridgehead atoms.